The van der Waals surface area contributed by atoms with Gasteiger partial charge in [-0.25, -0.2) is 14.3 Å². The zero-order chi connectivity index (χ0) is 13.8. The van der Waals surface area contributed by atoms with Crippen LogP contribution in [0.2, 0.25) is 0 Å². The van der Waals surface area contributed by atoms with E-state index in [1.54, 1.807) is 16.9 Å². The first-order valence-corrected chi connectivity index (χ1v) is 6.04. The summed E-state index contributed by atoms with van der Waals surface area (Å²) in [6, 6.07) is 11.4. The number of rotatable bonds is 4. The molecule has 0 aliphatic carbocycles. The summed E-state index contributed by atoms with van der Waals surface area (Å²) in [5, 5.41) is 10.9. The maximum absolute atomic E-state index is 11.8. The van der Waals surface area contributed by atoms with E-state index in [1.165, 1.54) is 17.3 Å². The summed E-state index contributed by atoms with van der Waals surface area (Å²) in [6.07, 6.45) is 4.67. The van der Waals surface area contributed by atoms with Crippen molar-refractivity contribution in [2.45, 2.75) is 6.54 Å². The molecule has 7 heteroatoms. The Morgan fingerprint density at radius 1 is 1.20 bits per heavy atom. The molecule has 3 rings (SSSR count). The van der Waals surface area contributed by atoms with Gasteiger partial charge in [0.1, 0.15) is 19.2 Å². The van der Waals surface area contributed by atoms with E-state index in [4.69, 9.17) is 0 Å². The van der Waals surface area contributed by atoms with Crippen molar-refractivity contribution < 1.29 is 4.79 Å². The fraction of sp³-hybridized carbons (Fsp3) is 0.0769. The second kappa shape index (κ2) is 5.35. The molecule has 1 N–H and O–H groups in total. The molecular weight excluding hydrogens is 256 g/mol. The van der Waals surface area contributed by atoms with E-state index in [2.05, 4.69) is 20.5 Å². The molecule has 0 radical (unpaired) electrons. The lowest BCUT2D eigenvalue weighted by atomic mass is 10.3. The molecule has 0 fully saturated rings. The Morgan fingerprint density at radius 2 is 2.05 bits per heavy atom. The number of aromatic nitrogens is 5. The average Bonchev–Trinajstić information content (AvgIpc) is 3.11. The van der Waals surface area contributed by atoms with Gasteiger partial charge < -0.3 is 5.32 Å². The van der Waals surface area contributed by atoms with E-state index in [0.29, 0.717) is 5.82 Å². The fourth-order valence-electron chi connectivity index (χ4n) is 1.76. The summed E-state index contributed by atoms with van der Waals surface area (Å²) < 4.78 is 3.15. The van der Waals surface area contributed by atoms with Gasteiger partial charge in [0.2, 0.25) is 5.91 Å². The summed E-state index contributed by atoms with van der Waals surface area (Å²) in [7, 11) is 0. The number of nitrogens with zero attached hydrogens (tertiary/aromatic N) is 5. The van der Waals surface area contributed by atoms with E-state index in [9.17, 15) is 4.79 Å². The van der Waals surface area contributed by atoms with Gasteiger partial charge in [0.25, 0.3) is 0 Å². The van der Waals surface area contributed by atoms with Gasteiger partial charge in [0.15, 0.2) is 5.82 Å². The standard InChI is InChI=1S/C13H12N6O/c20-13(8-18-10-14-9-15-18)16-12-6-7-19(17-12)11-4-2-1-3-5-11/h1-7,9-10H,8H2,(H,16,17,20). The molecule has 7 nitrogen and oxygen atoms in total. The quantitative estimate of drug-likeness (QED) is 0.768. The first-order valence-electron chi connectivity index (χ1n) is 6.04. The summed E-state index contributed by atoms with van der Waals surface area (Å²) >= 11 is 0. The zero-order valence-electron chi connectivity index (χ0n) is 10.5. The lowest BCUT2D eigenvalue weighted by molar-refractivity contribution is -0.116. The molecule has 1 aromatic carbocycles. The van der Waals surface area contributed by atoms with Crippen LogP contribution >= 0.6 is 0 Å². The van der Waals surface area contributed by atoms with E-state index in [1.807, 2.05) is 30.3 Å². The summed E-state index contributed by atoms with van der Waals surface area (Å²) in [5.41, 5.74) is 0.935. The van der Waals surface area contributed by atoms with Crippen LogP contribution in [0, 0.1) is 0 Å². The second-order valence-corrected chi connectivity index (χ2v) is 4.12. The van der Waals surface area contributed by atoms with Crippen LogP contribution in [0.1, 0.15) is 0 Å². The van der Waals surface area contributed by atoms with E-state index in [0.717, 1.165) is 5.69 Å². The molecule has 0 saturated carbocycles. The van der Waals surface area contributed by atoms with E-state index < -0.39 is 0 Å². The minimum absolute atomic E-state index is 0.109. The number of nitrogens with one attached hydrogen (secondary N) is 1. The highest BCUT2D eigenvalue weighted by Crippen LogP contribution is 2.09. The number of amides is 1. The molecule has 0 spiro atoms. The lowest BCUT2D eigenvalue weighted by Gasteiger charge is -2.02. The van der Waals surface area contributed by atoms with Crippen molar-refractivity contribution in [1.82, 2.24) is 24.5 Å². The summed E-state index contributed by atoms with van der Waals surface area (Å²) in [5.74, 6) is 0.299. The van der Waals surface area contributed by atoms with Crippen LogP contribution < -0.4 is 5.32 Å². The Hall–Kier alpha value is -2.96. The second-order valence-electron chi connectivity index (χ2n) is 4.12. The van der Waals surface area contributed by atoms with Crippen LogP contribution in [0.15, 0.2) is 55.2 Å². The van der Waals surface area contributed by atoms with Crippen molar-refractivity contribution in [3.05, 3.63) is 55.2 Å². The monoisotopic (exact) mass is 268 g/mol. The van der Waals surface area contributed by atoms with Crippen molar-refractivity contribution in [3.8, 4) is 5.69 Å². The van der Waals surface area contributed by atoms with E-state index in [-0.39, 0.29) is 12.5 Å². The molecule has 20 heavy (non-hydrogen) atoms. The molecule has 0 bridgehead atoms. The van der Waals surface area contributed by atoms with Crippen LogP contribution in [0.25, 0.3) is 5.69 Å². The van der Waals surface area contributed by atoms with Gasteiger partial charge in [-0.2, -0.15) is 10.2 Å². The minimum Gasteiger partial charge on any atom is -0.308 e. The zero-order valence-corrected chi connectivity index (χ0v) is 10.5. The van der Waals surface area contributed by atoms with Crippen LogP contribution in [-0.2, 0) is 11.3 Å². The lowest BCUT2D eigenvalue weighted by Crippen LogP contribution is -2.19. The van der Waals surface area contributed by atoms with E-state index >= 15 is 0 Å². The number of hydrogen-bond acceptors (Lipinski definition) is 4. The predicted octanol–water partition coefficient (Wildman–Crippen LogP) is 1.10. The highest BCUT2D eigenvalue weighted by molar-refractivity contribution is 5.89. The molecule has 0 aliphatic heterocycles. The Kier molecular flexibility index (Phi) is 3.24. The maximum atomic E-state index is 11.8. The minimum atomic E-state index is -0.200. The van der Waals surface area contributed by atoms with Gasteiger partial charge in [-0.3, -0.25) is 4.79 Å². The van der Waals surface area contributed by atoms with Crippen LogP contribution in [0.5, 0.6) is 0 Å². The third-order valence-electron chi connectivity index (χ3n) is 2.65. The van der Waals surface area contributed by atoms with Crippen molar-refractivity contribution >= 4 is 11.7 Å². The number of carbonyl (C=O) groups is 1. The van der Waals surface area contributed by atoms with Gasteiger partial charge >= 0.3 is 0 Å². The van der Waals surface area contributed by atoms with Crippen molar-refractivity contribution in [3.63, 3.8) is 0 Å². The van der Waals surface area contributed by atoms with Gasteiger partial charge in [-0.05, 0) is 12.1 Å². The maximum Gasteiger partial charge on any atom is 0.247 e. The molecule has 100 valence electrons. The molecule has 0 saturated heterocycles. The largest absolute Gasteiger partial charge is 0.308 e. The SMILES string of the molecule is O=C(Cn1cncn1)Nc1ccn(-c2ccccc2)n1. The molecule has 1 amide bonds. The normalized spacial score (nSPS) is 10.4. The topological polar surface area (TPSA) is 77.6 Å². The molecule has 0 atom stereocenters. The van der Waals surface area contributed by atoms with Crippen molar-refractivity contribution in [2.75, 3.05) is 5.32 Å². The number of hydrogen-bond donors (Lipinski definition) is 1. The molecule has 2 heterocycles. The van der Waals surface area contributed by atoms with Gasteiger partial charge in [0.05, 0.1) is 5.69 Å². The van der Waals surface area contributed by atoms with Gasteiger partial charge in [-0.1, -0.05) is 18.2 Å². The molecular formula is C13H12N6O. The average molecular weight is 268 g/mol. The Morgan fingerprint density at radius 3 is 2.80 bits per heavy atom. The Balaban J connectivity index is 1.67. The molecule has 3 aromatic rings. The fourth-order valence-corrected chi connectivity index (χ4v) is 1.76. The molecule has 0 aliphatic rings. The number of anilines is 1. The highest BCUT2D eigenvalue weighted by Gasteiger charge is 2.06. The first-order chi connectivity index (χ1) is 9.81. The van der Waals surface area contributed by atoms with Crippen LogP contribution in [0.3, 0.4) is 0 Å². The highest BCUT2D eigenvalue weighted by atomic mass is 16.2. The van der Waals surface area contributed by atoms with Crippen LogP contribution in [-0.4, -0.2) is 30.5 Å². The Bertz CT molecular complexity index is 689. The third kappa shape index (κ3) is 2.72. The van der Waals surface area contributed by atoms with Crippen molar-refractivity contribution in [1.29, 1.82) is 0 Å². The first kappa shape index (κ1) is 12.1. The van der Waals surface area contributed by atoms with Gasteiger partial charge in [-0.15, -0.1) is 0 Å². The number of benzene rings is 1. The predicted molar refractivity (Wildman–Crippen MR) is 72.2 cm³/mol. The summed E-state index contributed by atoms with van der Waals surface area (Å²) in [4.78, 5) is 15.6. The Labute approximate surface area is 114 Å². The smallest absolute Gasteiger partial charge is 0.247 e. The number of carbonyl (C=O) groups excluding carboxylic acids is 1. The molecule has 0 unspecified atom stereocenters. The van der Waals surface area contributed by atoms with Crippen molar-refractivity contribution in [2.24, 2.45) is 0 Å². The summed E-state index contributed by atoms with van der Waals surface area (Å²) in [6.45, 7) is 0.109. The van der Waals surface area contributed by atoms with Crippen LogP contribution in [0.4, 0.5) is 5.82 Å². The third-order valence-corrected chi connectivity index (χ3v) is 2.65. The number of para-hydroxylation sites is 1. The molecule has 2 aromatic heterocycles. The van der Waals surface area contributed by atoms with Gasteiger partial charge in [0, 0.05) is 12.3 Å².